The van der Waals surface area contributed by atoms with Crippen LogP contribution < -0.4 is 15.6 Å². The third kappa shape index (κ3) is 4.11. The standard InChI is InChI=1S/C19H20N4O3S/c1-11-12(18(25)23-19(21-11)27-3)6-9-16(24)22-14-7-8-15(26-2)17-13(14)5-4-10-20-17/h4-5,7-8,10H,6,9H2,1-3H3,(H,22,24)(H,21,23,25). The molecule has 0 radical (unpaired) electrons. The van der Waals surface area contributed by atoms with Crippen molar-refractivity contribution >= 4 is 34.3 Å². The minimum atomic E-state index is -0.196. The lowest BCUT2D eigenvalue weighted by Gasteiger charge is -2.11. The van der Waals surface area contributed by atoms with Crippen LogP contribution in [-0.2, 0) is 11.2 Å². The molecule has 140 valence electrons. The quantitative estimate of drug-likeness (QED) is 0.501. The fraction of sp³-hybridized carbons (Fsp3) is 0.263. The first kappa shape index (κ1) is 18.9. The van der Waals surface area contributed by atoms with Crippen molar-refractivity contribution < 1.29 is 9.53 Å². The monoisotopic (exact) mass is 384 g/mol. The molecule has 3 rings (SSSR count). The first-order chi connectivity index (χ1) is 13.0. The summed E-state index contributed by atoms with van der Waals surface area (Å²) in [5.74, 6) is 0.462. The number of amides is 1. The molecule has 1 aromatic carbocycles. The van der Waals surface area contributed by atoms with E-state index in [2.05, 4.69) is 20.3 Å². The lowest BCUT2D eigenvalue weighted by molar-refractivity contribution is -0.116. The van der Waals surface area contributed by atoms with Crippen molar-refractivity contribution in [2.45, 2.75) is 24.9 Å². The molecule has 0 aliphatic heterocycles. The molecule has 0 unspecified atom stereocenters. The molecule has 1 amide bonds. The number of fused-ring (bicyclic) bond motifs is 1. The van der Waals surface area contributed by atoms with Crippen LogP contribution in [0.2, 0.25) is 0 Å². The predicted octanol–water partition coefficient (Wildman–Crippen LogP) is 2.93. The summed E-state index contributed by atoms with van der Waals surface area (Å²) in [5, 5.41) is 4.27. The third-order valence-corrected chi connectivity index (χ3v) is 4.80. The highest BCUT2D eigenvalue weighted by molar-refractivity contribution is 7.98. The molecule has 0 saturated heterocycles. The van der Waals surface area contributed by atoms with Gasteiger partial charge in [0.25, 0.3) is 5.56 Å². The van der Waals surface area contributed by atoms with Crippen molar-refractivity contribution in [3.8, 4) is 5.75 Å². The molecule has 2 aromatic heterocycles. The number of aromatic amines is 1. The van der Waals surface area contributed by atoms with Crippen LogP contribution in [0.1, 0.15) is 17.7 Å². The van der Waals surface area contributed by atoms with Crippen LogP contribution in [-0.4, -0.2) is 34.2 Å². The van der Waals surface area contributed by atoms with Crippen molar-refractivity contribution in [3.63, 3.8) is 0 Å². The van der Waals surface area contributed by atoms with Gasteiger partial charge in [0.1, 0.15) is 11.3 Å². The van der Waals surface area contributed by atoms with E-state index in [9.17, 15) is 9.59 Å². The zero-order chi connectivity index (χ0) is 19.4. The maximum Gasteiger partial charge on any atom is 0.254 e. The molecule has 0 spiro atoms. The number of carbonyl (C=O) groups is 1. The van der Waals surface area contributed by atoms with E-state index < -0.39 is 0 Å². The average molecular weight is 384 g/mol. The van der Waals surface area contributed by atoms with Gasteiger partial charge in [-0.05, 0) is 43.9 Å². The molecule has 0 saturated carbocycles. The molecule has 7 nitrogen and oxygen atoms in total. The Balaban J connectivity index is 1.76. The number of nitrogens with one attached hydrogen (secondary N) is 2. The minimum Gasteiger partial charge on any atom is -0.494 e. The second-order valence-corrected chi connectivity index (χ2v) is 6.70. The van der Waals surface area contributed by atoms with Crippen LogP contribution in [0.5, 0.6) is 5.75 Å². The second kappa shape index (κ2) is 8.22. The number of nitrogens with zero attached hydrogens (tertiary/aromatic N) is 2. The number of methoxy groups -OCH3 is 1. The van der Waals surface area contributed by atoms with Gasteiger partial charge in [-0.3, -0.25) is 14.6 Å². The van der Waals surface area contributed by atoms with Crippen LogP contribution >= 0.6 is 11.8 Å². The number of hydrogen-bond donors (Lipinski definition) is 2. The van der Waals surface area contributed by atoms with E-state index in [1.54, 1.807) is 38.4 Å². The molecule has 2 heterocycles. The van der Waals surface area contributed by atoms with E-state index >= 15 is 0 Å². The largest absolute Gasteiger partial charge is 0.494 e. The lowest BCUT2D eigenvalue weighted by Crippen LogP contribution is -2.20. The van der Waals surface area contributed by atoms with Crippen LogP contribution in [0.25, 0.3) is 10.9 Å². The van der Waals surface area contributed by atoms with E-state index in [0.717, 1.165) is 5.39 Å². The molecule has 3 aromatic rings. The molecule has 0 aliphatic carbocycles. The van der Waals surface area contributed by atoms with Gasteiger partial charge in [-0.1, -0.05) is 11.8 Å². The number of H-pyrrole nitrogens is 1. The zero-order valence-corrected chi connectivity index (χ0v) is 16.1. The van der Waals surface area contributed by atoms with Crippen LogP contribution in [0.4, 0.5) is 5.69 Å². The number of aromatic nitrogens is 3. The van der Waals surface area contributed by atoms with Crippen LogP contribution in [0, 0.1) is 6.92 Å². The van der Waals surface area contributed by atoms with Gasteiger partial charge in [0.15, 0.2) is 5.16 Å². The van der Waals surface area contributed by atoms with Gasteiger partial charge in [-0.15, -0.1) is 0 Å². The van der Waals surface area contributed by atoms with Gasteiger partial charge in [0.2, 0.25) is 5.91 Å². The maximum absolute atomic E-state index is 12.4. The highest BCUT2D eigenvalue weighted by atomic mass is 32.2. The van der Waals surface area contributed by atoms with E-state index in [4.69, 9.17) is 4.74 Å². The normalized spacial score (nSPS) is 10.8. The molecule has 8 heteroatoms. The number of benzene rings is 1. The number of ether oxygens (including phenoxy) is 1. The van der Waals surface area contributed by atoms with Crippen molar-refractivity contribution in [1.29, 1.82) is 0 Å². The van der Waals surface area contributed by atoms with Gasteiger partial charge in [0.05, 0.1) is 12.8 Å². The molecule has 0 atom stereocenters. The summed E-state index contributed by atoms with van der Waals surface area (Å²) in [6, 6.07) is 7.23. The second-order valence-electron chi connectivity index (χ2n) is 5.90. The van der Waals surface area contributed by atoms with Crippen LogP contribution in [0.15, 0.2) is 40.4 Å². The fourth-order valence-corrected chi connectivity index (χ4v) is 3.27. The predicted molar refractivity (Wildman–Crippen MR) is 107 cm³/mol. The molecule has 27 heavy (non-hydrogen) atoms. The first-order valence-corrected chi connectivity index (χ1v) is 9.61. The molecule has 0 fully saturated rings. The van der Waals surface area contributed by atoms with Crippen LogP contribution in [0.3, 0.4) is 0 Å². The number of rotatable bonds is 6. The summed E-state index contributed by atoms with van der Waals surface area (Å²) in [6.45, 7) is 1.78. The average Bonchev–Trinajstić information content (AvgIpc) is 2.67. The molecule has 2 N–H and O–H groups in total. The Morgan fingerprint density at radius 2 is 2.15 bits per heavy atom. The Bertz CT molecular complexity index is 1050. The molecule has 0 bridgehead atoms. The maximum atomic E-state index is 12.4. The van der Waals surface area contributed by atoms with Gasteiger partial charge >= 0.3 is 0 Å². The summed E-state index contributed by atoms with van der Waals surface area (Å²) in [6.07, 6.45) is 4.02. The van der Waals surface area contributed by atoms with Crippen molar-refractivity contribution in [1.82, 2.24) is 15.0 Å². The van der Waals surface area contributed by atoms with Crippen molar-refractivity contribution in [2.24, 2.45) is 0 Å². The third-order valence-electron chi connectivity index (χ3n) is 4.22. The lowest BCUT2D eigenvalue weighted by atomic mass is 10.1. The summed E-state index contributed by atoms with van der Waals surface area (Å²) < 4.78 is 5.32. The minimum absolute atomic E-state index is 0.179. The SMILES string of the molecule is COc1ccc(NC(=O)CCc2c(C)nc(SC)[nH]c2=O)c2cccnc12. The number of carbonyl (C=O) groups excluding carboxylic acids is 1. The van der Waals surface area contributed by atoms with Gasteiger partial charge < -0.3 is 15.0 Å². The topological polar surface area (TPSA) is 97.0 Å². The number of hydrogen-bond acceptors (Lipinski definition) is 6. The van der Waals surface area contributed by atoms with E-state index in [1.807, 2.05) is 12.3 Å². The van der Waals surface area contributed by atoms with Gasteiger partial charge in [0, 0.05) is 29.3 Å². The molecule has 0 aliphatic rings. The Labute approximate surface area is 160 Å². The molecular formula is C19H20N4O3S. The van der Waals surface area contributed by atoms with Crippen molar-refractivity contribution in [2.75, 3.05) is 18.7 Å². The summed E-state index contributed by atoms with van der Waals surface area (Å²) in [7, 11) is 1.58. The Kier molecular flexibility index (Phi) is 5.75. The smallest absolute Gasteiger partial charge is 0.254 e. The van der Waals surface area contributed by atoms with Crippen molar-refractivity contribution in [3.05, 3.63) is 52.1 Å². The Morgan fingerprint density at radius 3 is 2.85 bits per heavy atom. The number of aryl methyl sites for hydroxylation is 1. The fourth-order valence-electron chi connectivity index (χ4n) is 2.85. The Morgan fingerprint density at radius 1 is 1.33 bits per heavy atom. The highest BCUT2D eigenvalue weighted by Crippen LogP contribution is 2.29. The number of thioether (sulfide) groups is 1. The number of pyridine rings is 1. The van der Waals surface area contributed by atoms with Gasteiger partial charge in [-0.25, -0.2) is 4.98 Å². The summed E-state index contributed by atoms with van der Waals surface area (Å²) in [5.41, 5.74) is 2.32. The zero-order valence-electron chi connectivity index (χ0n) is 15.3. The molecular weight excluding hydrogens is 364 g/mol. The number of anilines is 1. The first-order valence-electron chi connectivity index (χ1n) is 8.39. The highest BCUT2D eigenvalue weighted by Gasteiger charge is 2.13. The van der Waals surface area contributed by atoms with E-state index in [0.29, 0.717) is 39.8 Å². The van der Waals surface area contributed by atoms with E-state index in [1.165, 1.54) is 11.8 Å². The van der Waals surface area contributed by atoms with Gasteiger partial charge in [-0.2, -0.15) is 0 Å². The summed E-state index contributed by atoms with van der Waals surface area (Å²) >= 11 is 1.37. The van der Waals surface area contributed by atoms with E-state index in [-0.39, 0.29) is 17.9 Å². The summed E-state index contributed by atoms with van der Waals surface area (Å²) in [4.78, 5) is 36.0. The Hall–Kier alpha value is -2.87.